The van der Waals surface area contributed by atoms with Crippen LogP contribution in [0.15, 0.2) is 24.4 Å². The Morgan fingerprint density at radius 2 is 2.17 bits per heavy atom. The highest BCUT2D eigenvalue weighted by Gasteiger charge is 2.13. The number of fused-ring (bicyclic) bond motifs is 1. The van der Waals surface area contributed by atoms with Gasteiger partial charge in [0, 0.05) is 29.2 Å². The predicted molar refractivity (Wildman–Crippen MR) is 75.1 cm³/mol. The van der Waals surface area contributed by atoms with E-state index in [1.165, 1.54) is 27.6 Å². The molecule has 3 rings (SSSR count). The number of methoxy groups -OCH3 is 1. The maximum Gasteiger partial charge on any atom is 0.119 e. The molecule has 0 aliphatic carbocycles. The second-order valence-electron chi connectivity index (χ2n) is 4.76. The first-order valence-corrected chi connectivity index (χ1v) is 6.35. The molecule has 1 aromatic heterocycles. The SMILES string of the molecule is COc1cc(C)c2[nH]cc(C3=CCCNC3)c2c1. The van der Waals surface area contributed by atoms with Gasteiger partial charge in [0.15, 0.2) is 0 Å². The Hall–Kier alpha value is -1.74. The van der Waals surface area contributed by atoms with Crippen molar-refractivity contribution in [3.05, 3.63) is 35.5 Å². The van der Waals surface area contributed by atoms with Crippen LogP contribution in [0.4, 0.5) is 0 Å². The Bertz CT molecular complexity index is 610. The summed E-state index contributed by atoms with van der Waals surface area (Å²) in [5.74, 6) is 0.921. The lowest BCUT2D eigenvalue weighted by Crippen LogP contribution is -2.21. The molecule has 0 radical (unpaired) electrons. The van der Waals surface area contributed by atoms with Crippen LogP contribution in [0, 0.1) is 6.92 Å². The Balaban J connectivity index is 2.18. The van der Waals surface area contributed by atoms with Crippen molar-refractivity contribution in [3.63, 3.8) is 0 Å². The van der Waals surface area contributed by atoms with Crippen LogP contribution in [0.5, 0.6) is 5.75 Å². The largest absolute Gasteiger partial charge is 0.497 e. The van der Waals surface area contributed by atoms with Gasteiger partial charge in [-0.25, -0.2) is 0 Å². The van der Waals surface area contributed by atoms with Crippen molar-refractivity contribution in [2.75, 3.05) is 20.2 Å². The molecule has 0 unspecified atom stereocenters. The number of aromatic nitrogens is 1. The fourth-order valence-corrected chi connectivity index (χ4v) is 2.61. The van der Waals surface area contributed by atoms with Gasteiger partial charge in [-0.05, 0) is 43.2 Å². The molecular formula is C15H18N2O. The van der Waals surface area contributed by atoms with E-state index in [0.29, 0.717) is 0 Å². The Kier molecular flexibility index (Phi) is 2.84. The molecule has 2 N–H and O–H groups in total. The van der Waals surface area contributed by atoms with Crippen molar-refractivity contribution < 1.29 is 4.74 Å². The number of hydrogen-bond acceptors (Lipinski definition) is 2. The van der Waals surface area contributed by atoms with Gasteiger partial charge in [0.05, 0.1) is 7.11 Å². The monoisotopic (exact) mass is 242 g/mol. The molecule has 0 saturated carbocycles. The van der Waals surface area contributed by atoms with Gasteiger partial charge in [-0.3, -0.25) is 0 Å². The standard InChI is InChI=1S/C15H18N2O/c1-10-6-12(18-2)7-13-14(9-17-15(10)13)11-4-3-5-16-8-11/h4,6-7,9,16-17H,3,5,8H2,1-2H3. The first kappa shape index (κ1) is 11.4. The summed E-state index contributed by atoms with van der Waals surface area (Å²) in [4.78, 5) is 3.38. The molecule has 3 nitrogen and oxygen atoms in total. The van der Waals surface area contributed by atoms with E-state index in [4.69, 9.17) is 4.74 Å². The molecule has 1 aliphatic heterocycles. The van der Waals surface area contributed by atoms with E-state index < -0.39 is 0 Å². The van der Waals surface area contributed by atoms with Gasteiger partial charge in [0.2, 0.25) is 0 Å². The number of nitrogens with one attached hydrogen (secondary N) is 2. The summed E-state index contributed by atoms with van der Waals surface area (Å²) >= 11 is 0. The minimum Gasteiger partial charge on any atom is -0.497 e. The number of aromatic amines is 1. The van der Waals surface area contributed by atoms with Crippen molar-refractivity contribution in [3.8, 4) is 5.75 Å². The van der Waals surface area contributed by atoms with Crippen molar-refractivity contribution in [2.45, 2.75) is 13.3 Å². The average Bonchev–Trinajstić information content (AvgIpc) is 2.84. The smallest absolute Gasteiger partial charge is 0.119 e. The maximum absolute atomic E-state index is 5.37. The normalized spacial score (nSPS) is 15.8. The summed E-state index contributed by atoms with van der Waals surface area (Å²) in [6, 6.07) is 4.18. The van der Waals surface area contributed by atoms with Crippen molar-refractivity contribution in [1.29, 1.82) is 0 Å². The molecule has 2 aromatic rings. The lowest BCUT2D eigenvalue weighted by molar-refractivity contribution is 0.415. The van der Waals surface area contributed by atoms with Gasteiger partial charge in [-0.15, -0.1) is 0 Å². The molecule has 0 fully saturated rings. The molecule has 18 heavy (non-hydrogen) atoms. The van der Waals surface area contributed by atoms with Crippen molar-refractivity contribution in [2.24, 2.45) is 0 Å². The van der Waals surface area contributed by atoms with E-state index in [9.17, 15) is 0 Å². The average molecular weight is 242 g/mol. The molecule has 0 atom stereocenters. The molecule has 0 amide bonds. The first-order valence-electron chi connectivity index (χ1n) is 6.35. The molecule has 3 heteroatoms. The van der Waals surface area contributed by atoms with E-state index in [-0.39, 0.29) is 0 Å². The third-order valence-electron chi connectivity index (χ3n) is 3.57. The minimum atomic E-state index is 0.921. The van der Waals surface area contributed by atoms with Gasteiger partial charge in [-0.2, -0.15) is 0 Å². The second-order valence-corrected chi connectivity index (χ2v) is 4.76. The second kappa shape index (κ2) is 4.50. The van der Waals surface area contributed by atoms with Gasteiger partial charge in [0.1, 0.15) is 5.75 Å². The van der Waals surface area contributed by atoms with Crippen LogP contribution in [0.25, 0.3) is 16.5 Å². The molecule has 0 spiro atoms. The zero-order valence-electron chi connectivity index (χ0n) is 10.8. The lowest BCUT2D eigenvalue weighted by atomic mass is 10.0. The van der Waals surface area contributed by atoms with Crippen LogP contribution in [0.2, 0.25) is 0 Å². The number of ether oxygens (including phenoxy) is 1. The van der Waals surface area contributed by atoms with E-state index in [2.05, 4.69) is 41.6 Å². The van der Waals surface area contributed by atoms with Gasteiger partial charge >= 0.3 is 0 Å². The third-order valence-corrected chi connectivity index (χ3v) is 3.57. The number of benzene rings is 1. The summed E-state index contributed by atoms with van der Waals surface area (Å²) in [7, 11) is 1.72. The van der Waals surface area contributed by atoms with Crippen LogP contribution in [-0.2, 0) is 0 Å². The summed E-state index contributed by atoms with van der Waals surface area (Å²) < 4.78 is 5.37. The zero-order valence-corrected chi connectivity index (χ0v) is 10.8. The van der Waals surface area contributed by atoms with Gasteiger partial charge in [-0.1, -0.05) is 6.08 Å². The number of rotatable bonds is 2. The number of H-pyrrole nitrogens is 1. The summed E-state index contributed by atoms with van der Waals surface area (Å²) in [6.45, 7) is 4.13. The molecule has 0 saturated heterocycles. The maximum atomic E-state index is 5.37. The highest BCUT2D eigenvalue weighted by Crippen LogP contribution is 2.31. The molecular weight excluding hydrogens is 224 g/mol. The van der Waals surface area contributed by atoms with E-state index in [0.717, 1.165) is 25.3 Å². The fraction of sp³-hybridized carbons (Fsp3) is 0.333. The Morgan fingerprint density at radius 1 is 1.28 bits per heavy atom. The Morgan fingerprint density at radius 3 is 2.89 bits per heavy atom. The van der Waals surface area contributed by atoms with Crippen molar-refractivity contribution >= 4 is 16.5 Å². The zero-order chi connectivity index (χ0) is 12.5. The summed E-state index contributed by atoms with van der Waals surface area (Å²) in [5.41, 5.74) is 5.09. The van der Waals surface area contributed by atoms with Crippen LogP contribution < -0.4 is 10.1 Å². The quantitative estimate of drug-likeness (QED) is 0.849. The highest BCUT2D eigenvalue weighted by atomic mass is 16.5. The minimum absolute atomic E-state index is 0.921. The predicted octanol–water partition coefficient (Wildman–Crippen LogP) is 2.86. The topological polar surface area (TPSA) is 37.0 Å². The van der Waals surface area contributed by atoms with Crippen LogP contribution in [-0.4, -0.2) is 25.2 Å². The molecule has 1 aliphatic rings. The van der Waals surface area contributed by atoms with E-state index in [1.807, 2.05) is 0 Å². The van der Waals surface area contributed by atoms with E-state index in [1.54, 1.807) is 7.11 Å². The van der Waals surface area contributed by atoms with Gasteiger partial charge in [0.25, 0.3) is 0 Å². The number of hydrogen-bond donors (Lipinski definition) is 2. The van der Waals surface area contributed by atoms with Crippen LogP contribution in [0.1, 0.15) is 17.5 Å². The number of aryl methyl sites for hydroxylation is 1. The molecule has 2 heterocycles. The summed E-state index contributed by atoms with van der Waals surface area (Å²) in [6.07, 6.45) is 5.54. The Labute approximate surface area is 107 Å². The molecule has 0 bridgehead atoms. The van der Waals surface area contributed by atoms with Gasteiger partial charge < -0.3 is 15.0 Å². The fourth-order valence-electron chi connectivity index (χ4n) is 2.61. The third kappa shape index (κ3) is 1.81. The highest BCUT2D eigenvalue weighted by molar-refractivity contribution is 5.95. The van der Waals surface area contributed by atoms with Crippen molar-refractivity contribution in [1.82, 2.24) is 10.3 Å². The molecule has 94 valence electrons. The lowest BCUT2D eigenvalue weighted by Gasteiger charge is -2.14. The van der Waals surface area contributed by atoms with Crippen LogP contribution in [0.3, 0.4) is 0 Å². The first-order chi connectivity index (χ1) is 8.79. The van der Waals surface area contributed by atoms with Crippen LogP contribution >= 0.6 is 0 Å². The summed E-state index contributed by atoms with van der Waals surface area (Å²) in [5, 5.41) is 4.67. The van der Waals surface area contributed by atoms with E-state index >= 15 is 0 Å². The molecule has 1 aromatic carbocycles.